The summed E-state index contributed by atoms with van der Waals surface area (Å²) in [5, 5.41) is 8.21. The van der Waals surface area contributed by atoms with Gasteiger partial charge in [0.15, 0.2) is 11.6 Å². The maximum Gasteiger partial charge on any atom is 0.319 e. The quantitative estimate of drug-likeness (QED) is 0.675. The Morgan fingerprint density at radius 2 is 1.79 bits per heavy atom. The van der Waals surface area contributed by atoms with Crippen molar-refractivity contribution in [1.82, 2.24) is 5.32 Å². The summed E-state index contributed by atoms with van der Waals surface area (Å²) in [6.45, 7) is 3.46. The highest BCUT2D eigenvalue weighted by atomic mass is 19.1. The molecule has 28 heavy (non-hydrogen) atoms. The van der Waals surface area contributed by atoms with Crippen LogP contribution in [0.3, 0.4) is 0 Å². The van der Waals surface area contributed by atoms with Gasteiger partial charge in [-0.3, -0.25) is 4.79 Å². The molecule has 0 aliphatic rings. The zero-order chi connectivity index (χ0) is 20.7. The summed E-state index contributed by atoms with van der Waals surface area (Å²) in [7, 11) is 2.83. The van der Waals surface area contributed by atoms with Crippen LogP contribution < -0.4 is 20.7 Å². The fourth-order valence-corrected chi connectivity index (χ4v) is 2.61. The molecule has 0 aromatic heterocycles. The zero-order valence-corrected chi connectivity index (χ0v) is 16.3. The second-order valence-electron chi connectivity index (χ2n) is 6.17. The molecule has 1 atom stereocenters. The van der Waals surface area contributed by atoms with Crippen molar-refractivity contribution in [3.8, 4) is 5.75 Å². The van der Waals surface area contributed by atoms with Crippen molar-refractivity contribution in [2.45, 2.75) is 19.9 Å². The van der Waals surface area contributed by atoms with Crippen LogP contribution in [0.2, 0.25) is 0 Å². The van der Waals surface area contributed by atoms with Gasteiger partial charge in [0.2, 0.25) is 5.91 Å². The van der Waals surface area contributed by atoms with Gasteiger partial charge in [0.25, 0.3) is 0 Å². The predicted molar refractivity (Wildman–Crippen MR) is 105 cm³/mol. The smallest absolute Gasteiger partial charge is 0.319 e. The number of ether oxygens (including phenoxy) is 2. The Morgan fingerprint density at radius 3 is 2.39 bits per heavy atom. The van der Waals surface area contributed by atoms with Crippen molar-refractivity contribution in [3.63, 3.8) is 0 Å². The first-order chi connectivity index (χ1) is 13.3. The fourth-order valence-electron chi connectivity index (χ4n) is 2.61. The predicted octanol–water partition coefficient (Wildman–Crippen LogP) is 3.61. The summed E-state index contributed by atoms with van der Waals surface area (Å²) in [6, 6.07) is 8.81. The second kappa shape index (κ2) is 9.70. The van der Waals surface area contributed by atoms with E-state index in [9.17, 15) is 14.0 Å². The van der Waals surface area contributed by atoms with Gasteiger partial charge >= 0.3 is 6.03 Å². The minimum atomic E-state index is -0.496. The third-order valence-corrected chi connectivity index (χ3v) is 4.15. The highest BCUT2D eigenvalue weighted by Gasteiger charge is 2.14. The molecule has 0 saturated carbocycles. The van der Waals surface area contributed by atoms with E-state index in [2.05, 4.69) is 16.0 Å². The summed E-state index contributed by atoms with van der Waals surface area (Å²) >= 11 is 0. The zero-order valence-electron chi connectivity index (χ0n) is 16.3. The number of anilines is 2. The number of urea groups is 1. The standard InChI is InChI=1S/C20H24FN3O4/c1-12-16(23-19(25)11-27-3)6-5-7-17(12)24-20(26)22-13(2)14-8-9-18(28-4)15(21)10-14/h5-10,13H,11H2,1-4H3,(H,23,25)(H2,22,24,26)/t13-/m1/s1. The first-order valence-corrected chi connectivity index (χ1v) is 8.65. The normalized spacial score (nSPS) is 11.5. The number of halogens is 1. The number of carbonyl (C=O) groups is 2. The Kier molecular flexibility index (Phi) is 7.34. The van der Waals surface area contributed by atoms with Crippen LogP contribution in [0.5, 0.6) is 5.75 Å². The number of hydrogen-bond acceptors (Lipinski definition) is 4. The number of benzene rings is 2. The summed E-state index contributed by atoms with van der Waals surface area (Å²) in [5.41, 5.74) is 2.42. The molecule has 0 radical (unpaired) electrons. The third kappa shape index (κ3) is 5.43. The van der Waals surface area contributed by atoms with E-state index in [1.54, 1.807) is 38.1 Å². The Bertz CT molecular complexity index is 857. The fraction of sp³-hybridized carbons (Fsp3) is 0.300. The van der Waals surface area contributed by atoms with Gasteiger partial charge < -0.3 is 25.4 Å². The van der Waals surface area contributed by atoms with Crippen molar-refractivity contribution in [2.24, 2.45) is 0 Å². The molecule has 2 aromatic rings. The van der Waals surface area contributed by atoms with Gasteiger partial charge in [-0.1, -0.05) is 12.1 Å². The Hall–Kier alpha value is -3.13. The summed E-state index contributed by atoms with van der Waals surface area (Å²) in [4.78, 5) is 24.0. The molecule has 7 nitrogen and oxygen atoms in total. The van der Waals surface area contributed by atoms with E-state index in [4.69, 9.17) is 9.47 Å². The highest BCUT2D eigenvalue weighted by molar-refractivity contribution is 5.95. The van der Waals surface area contributed by atoms with Crippen LogP contribution in [-0.4, -0.2) is 32.8 Å². The van der Waals surface area contributed by atoms with Crippen molar-refractivity contribution >= 4 is 23.3 Å². The maximum absolute atomic E-state index is 13.9. The molecular formula is C20H24FN3O4. The van der Waals surface area contributed by atoms with Gasteiger partial charge in [-0.25, -0.2) is 9.18 Å². The number of hydrogen-bond donors (Lipinski definition) is 3. The van der Waals surface area contributed by atoms with Crippen LogP contribution in [0.4, 0.5) is 20.6 Å². The Morgan fingerprint density at radius 1 is 1.11 bits per heavy atom. The minimum absolute atomic E-state index is 0.0620. The molecule has 2 aromatic carbocycles. The van der Waals surface area contributed by atoms with Crippen molar-refractivity contribution < 1.29 is 23.5 Å². The number of methoxy groups -OCH3 is 2. The molecule has 8 heteroatoms. The largest absolute Gasteiger partial charge is 0.494 e. The van der Waals surface area contributed by atoms with E-state index in [1.807, 2.05) is 0 Å². The molecule has 0 saturated heterocycles. The molecule has 0 heterocycles. The van der Waals surface area contributed by atoms with Gasteiger partial charge in [-0.15, -0.1) is 0 Å². The molecular weight excluding hydrogens is 365 g/mol. The van der Waals surface area contributed by atoms with Crippen LogP contribution in [0.25, 0.3) is 0 Å². The third-order valence-electron chi connectivity index (χ3n) is 4.15. The summed E-state index contributed by atoms with van der Waals surface area (Å²) in [6.07, 6.45) is 0. The van der Waals surface area contributed by atoms with Crippen molar-refractivity contribution in [1.29, 1.82) is 0 Å². The van der Waals surface area contributed by atoms with Crippen LogP contribution in [0.1, 0.15) is 24.1 Å². The SMILES string of the molecule is COCC(=O)Nc1cccc(NC(=O)N[C@H](C)c2ccc(OC)c(F)c2)c1C. The van der Waals surface area contributed by atoms with Gasteiger partial charge in [-0.2, -0.15) is 0 Å². The van der Waals surface area contributed by atoms with Crippen molar-refractivity contribution in [3.05, 3.63) is 53.3 Å². The number of amides is 3. The average Bonchev–Trinajstić information content (AvgIpc) is 2.65. The molecule has 0 spiro atoms. The molecule has 150 valence electrons. The van der Waals surface area contributed by atoms with E-state index >= 15 is 0 Å². The van der Waals surface area contributed by atoms with E-state index in [0.29, 0.717) is 22.5 Å². The Balaban J connectivity index is 2.04. The summed E-state index contributed by atoms with van der Waals surface area (Å²) in [5.74, 6) is -0.643. The van der Waals surface area contributed by atoms with Crippen LogP contribution in [0.15, 0.2) is 36.4 Å². The lowest BCUT2D eigenvalue weighted by molar-refractivity contribution is -0.119. The van der Waals surface area contributed by atoms with Crippen LogP contribution in [0, 0.1) is 12.7 Å². The molecule has 2 rings (SSSR count). The van der Waals surface area contributed by atoms with Gasteiger partial charge in [0.1, 0.15) is 6.61 Å². The molecule has 3 N–H and O–H groups in total. The molecule has 0 fully saturated rings. The average molecular weight is 389 g/mol. The van der Waals surface area contributed by atoms with E-state index < -0.39 is 17.9 Å². The van der Waals surface area contributed by atoms with Crippen molar-refractivity contribution in [2.75, 3.05) is 31.5 Å². The lowest BCUT2D eigenvalue weighted by Crippen LogP contribution is -2.31. The van der Waals surface area contributed by atoms with Crippen LogP contribution >= 0.6 is 0 Å². The van der Waals surface area contributed by atoms with Crippen LogP contribution in [-0.2, 0) is 9.53 Å². The molecule has 0 aliphatic heterocycles. The van der Waals surface area contributed by atoms with E-state index in [-0.39, 0.29) is 18.3 Å². The number of carbonyl (C=O) groups excluding carboxylic acids is 2. The summed E-state index contributed by atoms with van der Waals surface area (Å²) < 4.78 is 23.5. The van der Waals surface area contributed by atoms with Gasteiger partial charge in [0.05, 0.1) is 13.2 Å². The first-order valence-electron chi connectivity index (χ1n) is 8.65. The number of rotatable bonds is 7. The molecule has 0 aliphatic carbocycles. The molecule has 3 amide bonds. The maximum atomic E-state index is 13.9. The second-order valence-corrected chi connectivity index (χ2v) is 6.17. The van der Waals surface area contributed by atoms with Gasteiger partial charge in [0, 0.05) is 18.5 Å². The van der Waals surface area contributed by atoms with E-state index in [0.717, 1.165) is 0 Å². The minimum Gasteiger partial charge on any atom is -0.494 e. The topological polar surface area (TPSA) is 88.7 Å². The number of nitrogens with one attached hydrogen (secondary N) is 3. The lowest BCUT2D eigenvalue weighted by atomic mass is 10.1. The molecule has 0 unspecified atom stereocenters. The monoisotopic (exact) mass is 389 g/mol. The lowest BCUT2D eigenvalue weighted by Gasteiger charge is -2.17. The van der Waals surface area contributed by atoms with E-state index in [1.165, 1.54) is 26.4 Å². The molecule has 0 bridgehead atoms. The van der Waals surface area contributed by atoms with Gasteiger partial charge in [-0.05, 0) is 49.2 Å². The first kappa shape index (κ1) is 21.2. The Labute approximate surface area is 163 Å². The highest BCUT2D eigenvalue weighted by Crippen LogP contribution is 2.24.